The Morgan fingerprint density at radius 1 is 1.00 bits per heavy atom. The smallest absolute Gasteiger partial charge is 0.227 e. The van der Waals surface area contributed by atoms with E-state index in [2.05, 4.69) is 34.3 Å². The Balaban J connectivity index is 1.95. The standard InChI is InChI=1S/C15H13N3/c1-11-5-4-7-13(9-11)17-15-16-10-12-6-2-3-8-14(12)18-15/h2-10H,1H3,(H,16,17,18). The molecule has 0 fully saturated rings. The van der Waals surface area contributed by atoms with Gasteiger partial charge in [-0.1, -0.05) is 30.3 Å². The van der Waals surface area contributed by atoms with Crippen molar-refractivity contribution >= 4 is 22.5 Å². The average molecular weight is 235 g/mol. The summed E-state index contributed by atoms with van der Waals surface area (Å²) in [5.74, 6) is 0.624. The minimum absolute atomic E-state index is 0.624. The van der Waals surface area contributed by atoms with Crippen LogP contribution in [0.2, 0.25) is 0 Å². The molecule has 3 heteroatoms. The molecule has 2 aromatic carbocycles. The van der Waals surface area contributed by atoms with Gasteiger partial charge in [0.15, 0.2) is 0 Å². The van der Waals surface area contributed by atoms with Crippen LogP contribution < -0.4 is 5.32 Å². The van der Waals surface area contributed by atoms with Gasteiger partial charge in [-0.15, -0.1) is 0 Å². The highest BCUT2D eigenvalue weighted by Gasteiger charge is 2.00. The van der Waals surface area contributed by atoms with Crippen molar-refractivity contribution in [2.24, 2.45) is 0 Å². The van der Waals surface area contributed by atoms with Gasteiger partial charge in [-0.2, -0.15) is 0 Å². The molecule has 0 aliphatic carbocycles. The summed E-state index contributed by atoms with van der Waals surface area (Å²) in [6.45, 7) is 2.06. The molecule has 0 atom stereocenters. The van der Waals surface area contributed by atoms with Crippen LogP contribution in [0.25, 0.3) is 10.9 Å². The zero-order valence-electron chi connectivity index (χ0n) is 10.1. The highest BCUT2D eigenvalue weighted by atomic mass is 15.1. The summed E-state index contributed by atoms with van der Waals surface area (Å²) in [6.07, 6.45) is 1.83. The van der Waals surface area contributed by atoms with Gasteiger partial charge in [0.2, 0.25) is 5.95 Å². The highest BCUT2D eigenvalue weighted by Crippen LogP contribution is 2.16. The van der Waals surface area contributed by atoms with Crippen molar-refractivity contribution in [1.29, 1.82) is 0 Å². The second-order valence-corrected chi connectivity index (χ2v) is 4.25. The summed E-state index contributed by atoms with van der Waals surface area (Å²) in [5.41, 5.74) is 3.16. The Morgan fingerprint density at radius 2 is 1.89 bits per heavy atom. The van der Waals surface area contributed by atoms with Gasteiger partial charge in [0.1, 0.15) is 0 Å². The first kappa shape index (κ1) is 10.7. The van der Waals surface area contributed by atoms with Crippen LogP contribution >= 0.6 is 0 Å². The lowest BCUT2D eigenvalue weighted by atomic mass is 10.2. The predicted molar refractivity (Wildman–Crippen MR) is 74.0 cm³/mol. The van der Waals surface area contributed by atoms with Gasteiger partial charge in [0.25, 0.3) is 0 Å². The molecule has 3 nitrogen and oxygen atoms in total. The van der Waals surface area contributed by atoms with Crippen LogP contribution in [0, 0.1) is 6.92 Å². The van der Waals surface area contributed by atoms with Gasteiger partial charge < -0.3 is 5.32 Å². The van der Waals surface area contributed by atoms with Crippen LogP contribution in [0.3, 0.4) is 0 Å². The van der Waals surface area contributed by atoms with Crippen molar-refractivity contribution in [3.8, 4) is 0 Å². The van der Waals surface area contributed by atoms with E-state index < -0.39 is 0 Å². The van der Waals surface area contributed by atoms with Gasteiger partial charge in [-0.25, -0.2) is 9.97 Å². The van der Waals surface area contributed by atoms with Crippen molar-refractivity contribution in [2.75, 3.05) is 5.32 Å². The zero-order valence-corrected chi connectivity index (χ0v) is 10.1. The van der Waals surface area contributed by atoms with Crippen LogP contribution in [0.15, 0.2) is 54.7 Å². The van der Waals surface area contributed by atoms with E-state index in [9.17, 15) is 0 Å². The van der Waals surface area contributed by atoms with Gasteiger partial charge in [0.05, 0.1) is 5.52 Å². The maximum Gasteiger partial charge on any atom is 0.227 e. The number of aryl methyl sites for hydroxylation is 1. The van der Waals surface area contributed by atoms with Crippen LogP contribution in [0.4, 0.5) is 11.6 Å². The SMILES string of the molecule is Cc1cccc(Nc2ncc3ccccc3n2)c1. The molecule has 1 aromatic heterocycles. The van der Waals surface area contributed by atoms with Gasteiger partial charge in [-0.05, 0) is 30.7 Å². The Hall–Kier alpha value is -2.42. The van der Waals surface area contributed by atoms with Crippen LogP contribution in [-0.2, 0) is 0 Å². The fourth-order valence-electron chi connectivity index (χ4n) is 1.88. The molecule has 0 aliphatic rings. The van der Waals surface area contributed by atoms with E-state index in [0.717, 1.165) is 16.6 Å². The number of fused-ring (bicyclic) bond motifs is 1. The molecule has 0 amide bonds. The molecule has 0 saturated carbocycles. The third kappa shape index (κ3) is 2.15. The minimum Gasteiger partial charge on any atom is -0.324 e. The first-order valence-corrected chi connectivity index (χ1v) is 5.87. The maximum absolute atomic E-state index is 4.48. The Morgan fingerprint density at radius 3 is 2.78 bits per heavy atom. The number of nitrogens with zero attached hydrogens (tertiary/aromatic N) is 2. The van der Waals surface area contributed by atoms with Crippen molar-refractivity contribution in [3.63, 3.8) is 0 Å². The summed E-state index contributed by atoms with van der Waals surface area (Å²) < 4.78 is 0. The molecular weight excluding hydrogens is 222 g/mol. The summed E-state index contributed by atoms with van der Waals surface area (Å²) in [4.78, 5) is 8.79. The van der Waals surface area contributed by atoms with E-state index in [1.54, 1.807) is 0 Å². The lowest BCUT2D eigenvalue weighted by Gasteiger charge is -2.06. The fraction of sp³-hybridized carbons (Fsp3) is 0.0667. The van der Waals surface area contributed by atoms with Crippen LogP contribution in [-0.4, -0.2) is 9.97 Å². The normalized spacial score (nSPS) is 10.5. The van der Waals surface area contributed by atoms with E-state index in [1.807, 2.05) is 42.6 Å². The van der Waals surface area contributed by atoms with E-state index in [4.69, 9.17) is 0 Å². The fourth-order valence-corrected chi connectivity index (χ4v) is 1.88. The maximum atomic E-state index is 4.48. The number of nitrogens with one attached hydrogen (secondary N) is 1. The molecule has 0 saturated heterocycles. The van der Waals surface area contributed by atoms with E-state index in [-0.39, 0.29) is 0 Å². The second kappa shape index (κ2) is 4.45. The van der Waals surface area contributed by atoms with Crippen molar-refractivity contribution in [3.05, 3.63) is 60.3 Å². The molecule has 1 N–H and O–H groups in total. The lowest BCUT2D eigenvalue weighted by Crippen LogP contribution is -1.97. The number of aromatic nitrogens is 2. The third-order valence-electron chi connectivity index (χ3n) is 2.76. The topological polar surface area (TPSA) is 37.8 Å². The Bertz CT molecular complexity index is 692. The Kier molecular flexibility index (Phi) is 2.65. The molecule has 18 heavy (non-hydrogen) atoms. The average Bonchev–Trinajstić information content (AvgIpc) is 2.39. The third-order valence-corrected chi connectivity index (χ3v) is 2.76. The van der Waals surface area contributed by atoms with Crippen molar-refractivity contribution in [1.82, 2.24) is 9.97 Å². The molecule has 88 valence electrons. The number of para-hydroxylation sites is 1. The zero-order chi connectivity index (χ0) is 12.4. The summed E-state index contributed by atoms with van der Waals surface area (Å²) in [6, 6.07) is 16.1. The van der Waals surface area contributed by atoms with Gasteiger partial charge >= 0.3 is 0 Å². The number of hydrogen-bond acceptors (Lipinski definition) is 3. The predicted octanol–water partition coefficient (Wildman–Crippen LogP) is 3.68. The molecule has 0 bridgehead atoms. The first-order chi connectivity index (χ1) is 8.81. The van der Waals surface area contributed by atoms with E-state index in [0.29, 0.717) is 5.95 Å². The molecule has 0 spiro atoms. The van der Waals surface area contributed by atoms with Crippen molar-refractivity contribution < 1.29 is 0 Å². The summed E-state index contributed by atoms with van der Waals surface area (Å²) in [5, 5.41) is 4.26. The van der Waals surface area contributed by atoms with E-state index in [1.165, 1.54) is 5.56 Å². The number of anilines is 2. The number of benzene rings is 2. The molecule has 3 rings (SSSR count). The summed E-state index contributed by atoms with van der Waals surface area (Å²) >= 11 is 0. The van der Waals surface area contributed by atoms with Crippen LogP contribution in [0.5, 0.6) is 0 Å². The van der Waals surface area contributed by atoms with E-state index >= 15 is 0 Å². The molecule has 3 aromatic rings. The molecular formula is C15H13N3. The molecule has 0 unspecified atom stereocenters. The first-order valence-electron chi connectivity index (χ1n) is 5.87. The quantitative estimate of drug-likeness (QED) is 0.736. The molecule has 0 radical (unpaired) electrons. The molecule has 0 aliphatic heterocycles. The molecule has 1 heterocycles. The lowest BCUT2D eigenvalue weighted by molar-refractivity contribution is 1.21. The van der Waals surface area contributed by atoms with Gasteiger partial charge in [-0.3, -0.25) is 0 Å². The van der Waals surface area contributed by atoms with Crippen molar-refractivity contribution in [2.45, 2.75) is 6.92 Å². The monoisotopic (exact) mass is 235 g/mol. The number of hydrogen-bond donors (Lipinski definition) is 1. The van der Waals surface area contributed by atoms with Gasteiger partial charge in [0, 0.05) is 17.3 Å². The largest absolute Gasteiger partial charge is 0.324 e. The second-order valence-electron chi connectivity index (χ2n) is 4.25. The van der Waals surface area contributed by atoms with Crippen LogP contribution in [0.1, 0.15) is 5.56 Å². The minimum atomic E-state index is 0.624. The highest BCUT2D eigenvalue weighted by molar-refractivity contribution is 5.78. The Labute approximate surface area is 106 Å². The number of rotatable bonds is 2. The summed E-state index contributed by atoms with van der Waals surface area (Å²) in [7, 11) is 0.